The van der Waals surface area contributed by atoms with Crippen LogP contribution < -0.4 is 5.32 Å². The highest BCUT2D eigenvalue weighted by Crippen LogP contribution is 2.15. The Balaban J connectivity index is 3.81. The highest BCUT2D eigenvalue weighted by Gasteiger charge is 2.28. The van der Waals surface area contributed by atoms with Crippen LogP contribution in [-0.4, -0.2) is 57.3 Å². The summed E-state index contributed by atoms with van der Waals surface area (Å²) in [6.07, 6.45) is 33.8. The first-order valence-corrected chi connectivity index (χ1v) is 19.1. The maximum absolute atomic E-state index is 12.4. The second kappa shape index (κ2) is 33.4. The molecule has 0 unspecified atom stereocenters. The van der Waals surface area contributed by atoms with Crippen molar-refractivity contribution in [3.05, 3.63) is 12.2 Å². The number of unbranched alkanes of at least 4 members (excludes halogenated alkanes) is 23. The van der Waals surface area contributed by atoms with Crippen molar-refractivity contribution >= 4 is 5.91 Å². The molecular formula is C38H75NO5. The van der Waals surface area contributed by atoms with Crippen LogP contribution in [0.4, 0.5) is 0 Å². The number of aliphatic hydroxyl groups is 4. The van der Waals surface area contributed by atoms with Crippen LogP contribution in [0.1, 0.15) is 194 Å². The molecule has 0 aromatic heterocycles. The van der Waals surface area contributed by atoms with Crippen molar-refractivity contribution < 1.29 is 25.2 Å². The number of carbonyl (C=O) groups excluding carboxylic acids is 1. The maximum Gasteiger partial charge on any atom is 0.249 e. The van der Waals surface area contributed by atoms with Gasteiger partial charge in [0, 0.05) is 0 Å². The topological polar surface area (TPSA) is 110 Å². The van der Waals surface area contributed by atoms with E-state index >= 15 is 0 Å². The Morgan fingerprint density at radius 1 is 0.545 bits per heavy atom. The average Bonchev–Trinajstić information content (AvgIpc) is 3.03. The quantitative estimate of drug-likeness (QED) is 0.0362. The van der Waals surface area contributed by atoms with Crippen LogP contribution >= 0.6 is 0 Å². The van der Waals surface area contributed by atoms with E-state index in [1.54, 1.807) is 0 Å². The summed E-state index contributed by atoms with van der Waals surface area (Å²) in [5, 5.41) is 43.4. The monoisotopic (exact) mass is 626 g/mol. The van der Waals surface area contributed by atoms with Gasteiger partial charge in [0.15, 0.2) is 0 Å². The highest BCUT2D eigenvalue weighted by molar-refractivity contribution is 5.80. The van der Waals surface area contributed by atoms with Gasteiger partial charge in [0.05, 0.1) is 18.8 Å². The van der Waals surface area contributed by atoms with Gasteiger partial charge in [0.2, 0.25) is 5.91 Å². The molecule has 0 aliphatic heterocycles. The van der Waals surface area contributed by atoms with E-state index in [4.69, 9.17) is 0 Å². The van der Waals surface area contributed by atoms with Crippen molar-refractivity contribution in [1.29, 1.82) is 0 Å². The molecule has 0 fully saturated rings. The van der Waals surface area contributed by atoms with E-state index in [-0.39, 0.29) is 0 Å². The highest BCUT2D eigenvalue weighted by atomic mass is 16.3. The molecule has 1 amide bonds. The molecule has 0 saturated carbocycles. The number of amides is 1. The molecule has 0 aromatic rings. The van der Waals surface area contributed by atoms with E-state index in [1.807, 2.05) is 0 Å². The van der Waals surface area contributed by atoms with Crippen LogP contribution in [0.15, 0.2) is 12.2 Å². The van der Waals surface area contributed by atoms with E-state index in [0.29, 0.717) is 12.8 Å². The number of aliphatic hydroxyl groups excluding tert-OH is 4. The lowest BCUT2D eigenvalue weighted by atomic mass is 10.00. The molecule has 0 aliphatic rings. The summed E-state index contributed by atoms with van der Waals surface area (Å²) in [5.74, 6) is -0.593. The van der Waals surface area contributed by atoms with Crippen molar-refractivity contribution in [1.82, 2.24) is 5.32 Å². The van der Waals surface area contributed by atoms with Gasteiger partial charge < -0.3 is 25.7 Å². The van der Waals surface area contributed by atoms with Gasteiger partial charge in [-0.3, -0.25) is 4.79 Å². The molecule has 0 heterocycles. The minimum atomic E-state index is -1.27. The lowest BCUT2D eigenvalue weighted by Crippen LogP contribution is -2.53. The number of hydrogen-bond acceptors (Lipinski definition) is 5. The van der Waals surface area contributed by atoms with Crippen LogP contribution in [-0.2, 0) is 4.79 Å². The van der Waals surface area contributed by atoms with Gasteiger partial charge in [0.1, 0.15) is 12.2 Å². The Morgan fingerprint density at radius 2 is 0.932 bits per heavy atom. The fraction of sp³-hybridized carbons (Fsp3) is 0.921. The molecule has 0 saturated heterocycles. The third-order valence-electron chi connectivity index (χ3n) is 8.98. The Hall–Kier alpha value is -0.950. The zero-order valence-corrected chi connectivity index (χ0v) is 29.2. The van der Waals surface area contributed by atoms with E-state index < -0.39 is 36.9 Å². The molecule has 262 valence electrons. The summed E-state index contributed by atoms with van der Waals surface area (Å²) in [6.45, 7) is 4.01. The lowest BCUT2D eigenvalue weighted by molar-refractivity contribution is -0.132. The molecule has 6 heteroatoms. The number of allylic oxidation sites excluding steroid dienone is 2. The van der Waals surface area contributed by atoms with Crippen molar-refractivity contribution in [3.8, 4) is 0 Å². The Bertz CT molecular complexity index is 628. The van der Waals surface area contributed by atoms with Crippen LogP contribution in [0.2, 0.25) is 0 Å². The minimum Gasteiger partial charge on any atom is -0.394 e. The average molecular weight is 626 g/mol. The fourth-order valence-electron chi connectivity index (χ4n) is 5.87. The van der Waals surface area contributed by atoms with Gasteiger partial charge in [-0.2, -0.15) is 0 Å². The predicted molar refractivity (Wildman–Crippen MR) is 187 cm³/mol. The van der Waals surface area contributed by atoms with E-state index in [1.165, 1.54) is 128 Å². The van der Waals surface area contributed by atoms with Crippen molar-refractivity contribution in [2.75, 3.05) is 6.61 Å². The molecule has 0 radical (unpaired) electrons. The zero-order valence-electron chi connectivity index (χ0n) is 29.2. The van der Waals surface area contributed by atoms with Gasteiger partial charge in [-0.05, 0) is 38.5 Å². The molecule has 0 spiro atoms. The molecule has 4 atom stereocenters. The normalized spacial score (nSPS) is 14.6. The van der Waals surface area contributed by atoms with Crippen LogP contribution in [0.25, 0.3) is 0 Å². The van der Waals surface area contributed by atoms with Gasteiger partial charge in [-0.15, -0.1) is 0 Å². The summed E-state index contributed by atoms with van der Waals surface area (Å²) in [6, 6.07) is -0.995. The summed E-state index contributed by atoms with van der Waals surface area (Å²) in [4.78, 5) is 12.4. The first kappa shape index (κ1) is 43.0. The van der Waals surface area contributed by atoms with E-state index in [9.17, 15) is 25.2 Å². The number of nitrogens with one attached hydrogen (secondary N) is 1. The largest absolute Gasteiger partial charge is 0.394 e. The van der Waals surface area contributed by atoms with Crippen molar-refractivity contribution in [2.24, 2.45) is 0 Å². The number of hydrogen-bond donors (Lipinski definition) is 5. The van der Waals surface area contributed by atoms with Gasteiger partial charge >= 0.3 is 0 Å². The fourth-order valence-corrected chi connectivity index (χ4v) is 5.87. The molecule has 5 N–H and O–H groups in total. The summed E-state index contributed by atoms with van der Waals surface area (Å²) < 4.78 is 0. The lowest BCUT2D eigenvalue weighted by Gasteiger charge is -2.27. The standard InChI is InChI=1S/C38H75NO5/c1-3-5-7-9-11-13-15-17-18-19-20-22-24-26-28-30-32-36(42)38(44)39-34(33-40)37(43)35(41)31-29-27-25-23-21-16-14-12-10-8-6-4-2/h23,25,34-37,40-43H,3-22,24,26-33H2,1-2H3,(H,39,44)/b25-23+/t34-,35-,36-,37+/m1/s1. The Kier molecular flexibility index (Phi) is 32.7. The maximum atomic E-state index is 12.4. The first-order valence-electron chi connectivity index (χ1n) is 19.1. The second-order valence-corrected chi connectivity index (χ2v) is 13.3. The SMILES string of the molecule is CCCCCCCCC/C=C/CCC[C@@H](O)[C@@H](O)[C@@H](CO)NC(=O)[C@H](O)CCCCCCCCCCCCCCCCCC. The zero-order chi connectivity index (χ0) is 32.5. The molecule has 6 nitrogen and oxygen atoms in total. The minimum absolute atomic E-state index is 0.367. The molecule has 0 rings (SSSR count). The summed E-state index contributed by atoms with van der Waals surface area (Å²) in [7, 11) is 0. The van der Waals surface area contributed by atoms with Gasteiger partial charge in [-0.25, -0.2) is 0 Å². The first-order chi connectivity index (χ1) is 21.5. The number of carbonyl (C=O) groups is 1. The Labute approximate surface area is 272 Å². The third-order valence-corrected chi connectivity index (χ3v) is 8.98. The van der Waals surface area contributed by atoms with Crippen molar-refractivity contribution in [3.63, 3.8) is 0 Å². The molecule has 0 aliphatic carbocycles. The molecule has 0 aromatic carbocycles. The van der Waals surface area contributed by atoms with Crippen molar-refractivity contribution in [2.45, 2.75) is 218 Å². The molecule has 0 bridgehead atoms. The van der Waals surface area contributed by atoms with Crippen LogP contribution in [0.3, 0.4) is 0 Å². The Morgan fingerprint density at radius 3 is 1.36 bits per heavy atom. The second-order valence-electron chi connectivity index (χ2n) is 13.3. The molecular weight excluding hydrogens is 550 g/mol. The van der Waals surface area contributed by atoms with Gasteiger partial charge in [-0.1, -0.05) is 167 Å². The van der Waals surface area contributed by atoms with Gasteiger partial charge in [0.25, 0.3) is 0 Å². The van der Waals surface area contributed by atoms with E-state index in [0.717, 1.165) is 38.5 Å². The molecule has 44 heavy (non-hydrogen) atoms. The van der Waals surface area contributed by atoms with Crippen LogP contribution in [0, 0.1) is 0 Å². The van der Waals surface area contributed by atoms with E-state index in [2.05, 4.69) is 31.3 Å². The number of rotatable bonds is 34. The summed E-state index contributed by atoms with van der Waals surface area (Å²) >= 11 is 0. The van der Waals surface area contributed by atoms with Crippen LogP contribution in [0.5, 0.6) is 0 Å². The third kappa shape index (κ3) is 27.4. The predicted octanol–water partition coefficient (Wildman–Crippen LogP) is 9.07. The smallest absolute Gasteiger partial charge is 0.249 e. The summed E-state index contributed by atoms with van der Waals surface area (Å²) in [5.41, 5.74) is 0.